The van der Waals surface area contributed by atoms with Crippen molar-refractivity contribution in [2.45, 2.75) is 38.2 Å². The van der Waals surface area contributed by atoms with Gasteiger partial charge in [-0.1, -0.05) is 6.07 Å². The molecule has 1 aromatic rings. The molecule has 5 heteroatoms. The third-order valence-corrected chi connectivity index (χ3v) is 4.65. The number of hydrogen-bond donors (Lipinski definition) is 1. The Labute approximate surface area is 132 Å². The Kier molecular flexibility index (Phi) is 5.27. The lowest BCUT2D eigenvalue weighted by Gasteiger charge is -2.32. The third kappa shape index (κ3) is 4.19. The van der Waals surface area contributed by atoms with E-state index in [-0.39, 0.29) is 6.10 Å². The van der Waals surface area contributed by atoms with Gasteiger partial charge in [-0.2, -0.15) is 0 Å². The van der Waals surface area contributed by atoms with E-state index in [0.717, 1.165) is 45.4 Å². The molecule has 0 bridgehead atoms. The molecule has 3 rings (SSSR count). The minimum Gasteiger partial charge on any atom is -0.474 e. The maximum Gasteiger partial charge on any atom is 0.222 e. The van der Waals surface area contributed by atoms with Gasteiger partial charge in [0.25, 0.3) is 0 Å². The summed E-state index contributed by atoms with van der Waals surface area (Å²) in [7, 11) is 0. The van der Waals surface area contributed by atoms with Gasteiger partial charge in [-0.3, -0.25) is 4.79 Å². The van der Waals surface area contributed by atoms with Gasteiger partial charge in [0.1, 0.15) is 6.10 Å². The van der Waals surface area contributed by atoms with Crippen LogP contribution in [-0.2, 0) is 4.79 Å². The summed E-state index contributed by atoms with van der Waals surface area (Å²) in [5.41, 5.74) is 0. The zero-order chi connectivity index (χ0) is 15.2. The topological polar surface area (TPSA) is 54.5 Å². The summed E-state index contributed by atoms with van der Waals surface area (Å²) in [6.45, 7) is 3.79. The molecular formula is C17H25N3O2. The van der Waals surface area contributed by atoms with E-state index in [2.05, 4.69) is 10.3 Å². The Bertz CT molecular complexity index is 466. The number of amides is 1. The van der Waals surface area contributed by atoms with Crippen LogP contribution in [0.2, 0.25) is 0 Å². The summed E-state index contributed by atoms with van der Waals surface area (Å²) in [5, 5.41) is 3.36. The van der Waals surface area contributed by atoms with Crippen molar-refractivity contribution in [3.8, 4) is 5.88 Å². The van der Waals surface area contributed by atoms with Crippen LogP contribution in [0.5, 0.6) is 5.88 Å². The zero-order valence-electron chi connectivity index (χ0n) is 13.0. The maximum atomic E-state index is 12.3. The highest BCUT2D eigenvalue weighted by atomic mass is 16.5. The number of rotatable bonds is 5. The molecule has 1 amide bonds. The molecule has 120 valence electrons. The van der Waals surface area contributed by atoms with Crippen molar-refractivity contribution in [1.29, 1.82) is 0 Å². The Balaban J connectivity index is 1.38. The smallest absolute Gasteiger partial charge is 0.222 e. The fourth-order valence-corrected chi connectivity index (χ4v) is 3.26. The lowest BCUT2D eigenvalue weighted by molar-refractivity contribution is -0.133. The summed E-state index contributed by atoms with van der Waals surface area (Å²) in [6.07, 6.45) is 6.65. The van der Waals surface area contributed by atoms with E-state index in [4.69, 9.17) is 4.74 Å². The standard InChI is InChI=1S/C17H25N3O2/c21-17(5-4-14-6-10-18-13-14)20-11-7-15(8-12-20)22-16-3-1-2-9-19-16/h1-3,9,14-15,18H,4-8,10-13H2. The molecule has 0 radical (unpaired) electrons. The number of hydrogen-bond acceptors (Lipinski definition) is 4. The average Bonchev–Trinajstić information content (AvgIpc) is 3.08. The molecule has 1 atom stereocenters. The molecule has 2 saturated heterocycles. The van der Waals surface area contributed by atoms with Crippen molar-refractivity contribution >= 4 is 5.91 Å². The van der Waals surface area contributed by atoms with Crippen molar-refractivity contribution in [3.63, 3.8) is 0 Å². The molecule has 1 aromatic heterocycles. The maximum absolute atomic E-state index is 12.3. The molecule has 2 fully saturated rings. The number of nitrogens with zero attached hydrogens (tertiary/aromatic N) is 2. The molecular weight excluding hydrogens is 278 g/mol. The Morgan fingerprint density at radius 1 is 1.32 bits per heavy atom. The SMILES string of the molecule is O=C(CCC1CCNC1)N1CCC(Oc2ccccn2)CC1. The number of likely N-dealkylation sites (tertiary alicyclic amines) is 1. The number of nitrogens with one attached hydrogen (secondary N) is 1. The zero-order valence-corrected chi connectivity index (χ0v) is 13.0. The second-order valence-corrected chi connectivity index (χ2v) is 6.26. The van der Waals surface area contributed by atoms with Crippen LogP contribution in [-0.4, -0.2) is 48.1 Å². The predicted octanol–water partition coefficient (Wildman–Crippen LogP) is 1.84. The van der Waals surface area contributed by atoms with Gasteiger partial charge >= 0.3 is 0 Å². The van der Waals surface area contributed by atoms with Crippen LogP contribution >= 0.6 is 0 Å². The van der Waals surface area contributed by atoms with Crippen LogP contribution in [0.15, 0.2) is 24.4 Å². The summed E-state index contributed by atoms with van der Waals surface area (Å²) < 4.78 is 5.87. The highest BCUT2D eigenvalue weighted by molar-refractivity contribution is 5.76. The molecule has 2 aliphatic heterocycles. The Hall–Kier alpha value is -1.62. The van der Waals surface area contributed by atoms with Crippen molar-refractivity contribution in [2.24, 2.45) is 5.92 Å². The fraction of sp³-hybridized carbons (Fsp3) is 0.647. The predicted molar refractivity (Wildman–Crippen MR) is 84.7 cm³/mol. The van der Waals surface area contributed by atoms with Crippen LogP contribution in [0.3, 0.4) is 0 Å². The Morgan fingerprint density at radius 2 is 2.18 bits per heavy atom. The van der Waals surface area contributed by atoms with E-state index in [1.165, 1.54) is 6.42 Å². The first-order valence-corrected chi connectivity index (χ1v) is 8.37. The molecule has 0 spiro atoms. The molecule has 0 aliphatic carbocycles. The van der Waals surface area contributed by atoms with E-state index >= 15 is 0 Å². The fourth-order valence-electron chi connectivity index (χ4n) is 3.26. The van der Waals surface area contributed by atoms with Gasteiger partial charge in [0.05, 0.1) is 0 Å². The van der Waals surface area contributed by atoms with Gasteiger partial charge in [-0.15, -0.1) is 0 Å². The van der Waals surface area contributed by atoms with E-state index < -0.39 is 0 Å². The van der Waals surface area contributed by atoms with Gasteiger partial charge in [0.2, 0.25) is 11.8 Å². The van der Waals surface area contributed by atoms with Gasteiger partial charge in [0.15, 0.2) is 0 Å². The molecule has 1 N–H and O–H groups in total. The summed E-state index contributed by atoms with van der Waals surface area (Å²) >= 11 is 0. The van der Waals surface area contributed by atoms with Gasteiger partial charge in [-0.25, -0.2) is 4.98 Å². The molecule has 3 heterocycles. The van der Waals surface area contributed by atoms with E-state index in [1.54, 1.807) is 6.20 Å². The quantitative estimate of drug-likeness (QED) is 0.902. The third-order valence-electron chi connectivity index (χ3n) is 4.65. The second-order valence-electron chi connectivity index (χ2n) is 6.26. The van der Waals surface area contributed by atoms with E-state index in [0.29, 0.717) is 24.1 Å². The van der Waals surface area contributed by atoms with Crippen LogP contribution in [0, 0.1) is 5.92 Å². The highest BCUT2D eigenvalue weighted by Gasteiger charge is 2.25. The van der Waals surface area contributed by atoms with Crippen LogP contribution in [0.25, 0.3) is 0 Å². The molecule has 22 heavy (non-hydrogen) atoms. The largest absolute Gasteiger partial charge is 0.474 e. The first-order valence-electron chi connectivity index (χ1n) is 8.37. The van der Waals surface area contributed by atoms with Gasteiger partial charge in [0, 0.05) is 44.6 Å². The number of carbonyl (C=O) groups excluding carboxylic acids is 1. The number of carbonyl (C=O) groups is 1. The van der Waals surface area contributed by atoms with Crippen molar-refractivity contribution < 1.29 is 9.53 Å². The molecule has 1 unspecified atom stereocenters. The average molecular weight is 303 g/mol. The van der Waals surface area contributed by atoms with Gasteiger partial charge < -0.3 is 15.0 Å². The van der Waals surface area contributed by atoms with Crippen molar-refractivity contribution in [1.82, 2.24) is 15.2 Å². The summed E-state index contributed by atoms with van der Waals surface area (Å²) in [5.74, 6) is 1.68. The first kappa shape index (κ1) is 15.3. The lowest BCUT2D eigenvalue weighted by atomic mass is 10.0. The summed E-state index contributed by atoms with van der Waals surface area (Å²) in [4.78, 5) is 18.5. The normalized spacial score (nSPS) is 22.7. The second kappa shape index (κ2) is 7.58. The van der Waals surface area contributed by atoms with Crippen LogP contribution in [0.1, 0.15) is 32.1 Å². The number of piperidine rings is 1. The number of ether oxygens (including phenoxy) is 1. The van der Waals surface area contributed by atoms with Crippen molar-refractivity contribution in [3.05, 3.63) is 24.4 Å². The molecule has 0 aromatic carbocycles. The van der Waals surface area contributed by atoms with Crippen molar-refractivity contribution in [2.75, 3.05) is 26.2 Å². The lowest BCUT2D eigenvalue weighted by Crippen LogP contribution is -2.41. The minimum absolute atomic E-state index is 0.179. The van der Waals surface area contributed by atoms with Crippen LogP contribution in [0.4, 0.5) is 0 Å². The van der Waals surface area contributed by atoms with E-state index in [1.807, 2.05) is 23.1 Å². The van der Waals surface area contributed by atoms with E-state index in [9.17, 15) is 4.79 Å². The van der Waals surface area contributed by atoms with Crippen LogP contribution < -0.4 is 10.1 Å². The first-order chi connectivity index (χ1) is 10.8. The summed E-state index contributed by atoms with van der Waals surface area (Å²) in [6, 6.07) is 5.69. The highest BCUT2D eigenvalue weighted by Crippen LogP contribution is 2.19. The molecule has 5 nitrogen and oxygen atoms in total. The molecule has 2 aliphatic rings. The molecule has 0 saturated carbocycles. The minimum atomic E-state index is 0.179. The monoisotopic (exact) mass is 303 g/mol. The van der Waals surface area contributed by atoms with Gasteiger partial charge in [-0.05, 0) is 37.9 Å². The number of pyridine rings is 1. The Morgan fingerprint density at radius 3 is 2.86 bits per heavy atom. The number of aromatic nitrogens is 1.